The SMILES string of the molecule is CCCC(=O)[NH][Hf+2]([CH]1C=Cc2ccccc21)[SiH](c1ccccc1)c1ccccc1.[Cl-].[Cl-]. The first-order valence-electron chi connectivity index (χ1n) is 10.3. The summed E-state index contributed by atoms with van der Waals surface area (Å²) in [5.41, 5.74) is 2.73. The number of allylic oxidation sites excluding steroid dienone is 1. The quantitative estimate of drug-likeness (QED) is 0.293. The van der Waals surface area contributed by atoms with Crippen LogP contribution in [0.25, 0.3) is 6.08 Å². The maximum absolute atomic E-state index is 12.8. The standard InChI is InChI=1S/C12H11Si.C9H7.C4H9NO.2ClH.Hf/c1-3-7-11(8-4-1)13-12-9-5-2-6-10-12;1-2-5-9-7-3-6-8(9)4-1;1-2-3-4(5)6;;;/h1-10,13H;1-7H;2-3H2,1H3,(H2,5,6);2*1H;/q;;;;;+3/p-3. The number of carbonyl (C=O) groups excluding carboxylic acids is 1. The molecular formula is C25H26Cl2HfNOSi. The second-order valence-electron chi connectivity index (χ2n) is 7.47. The minimum absolute atomic E-state index is 0. The number of rotatable bonds is 7. The van der Waals surface area contributed by atoms with E-state index in [1.165, 1.54) is 21.5 Å². The van der Waals surface area contributed by atoms with E-state index in [9.17, 15) is 4.79 Å². The van der Waals surface area contributed by atoms with Crippen LogP contribution < -0.4 is 38.5 Å². The summed E-state index contributed by atoms with van der Waals surface area (Å²) in [4.78, 5) is 12.8. The molecule has 1 N–H and O–H groups in total. The smallest absolute Gasteiger partial charge is 1.00 e. The molecule has 4 rings (SSSR count). The number of carbonyl (C=O) groups is 1. The van der Waals surface area contributed by atoms with Crippen LogP contribution in [0.5, 0.6) is 0 Å². The number of hydrogen-bond acceptors (Lipinski definition) is 1. The van der Waals surface area contributed by atoms with Crippen molar-refractivity contribution in [3.05, 3.63) is 102 Å². The normalized spacial score (nSPS) is 13.7. The van der Waals surface area contributed by atoms with Gasteiger partial charge in [0.25, 0.3) is 0 Å². The van der Waals surface area contributed by atoms with Gasteiger partial charge < -0.3 is 24.8 Å². The Bertz CT molecular complexity index is 961. The summed E-state index contributed by atoms with van der Waals surface area (Å²) in [6.45, 7) is 2.08. The van der Waals surface area contributed by atoms with Gasteiger partial charge in [-0.05, 0) is 0 Å². The third kappa shape index (κ3) is 6.07. The fourth-order valence-electron chi connectivity index (χ4n) is 4.14. The Morgan fingerprint density at radius 2 is 1.42 bits per heavy atom. The van der Waals surface area contributed by atoms with Gasteiger partial charge in [-0.15, -0.1) is 0 Å². The number of amides is 1. The molecule has 0 spiro atoms. The molecule has 3 aromatic carbocycles. The first-order chi connectivity index (χ1) is 14.3. The van der Waals surface area contributed by atoms with Crippen LogP contribution >= 0.6 is 0 Å². The van der Waals surface area contributed by atoms with Crippen molar-refractivity contribution >= 4 is 28.3 Å². The maximum atomic E-state index is 12.8. The molecule has 31 heavy (non-hydrogen) atoms. The second-order valence-corrected chi connectivity index (χ2v) is 27.4. The molecule has 1 aliphatic carbocycles. The summed E-state index contributed by atoms with van der Waals surface area (Å²) in [6.07, 6.45) is 6.16. The van der Waals surface area contributed by atoms with E-state index in [0.717, 1.165) is 6.42 Å². The van der Waals surface area contributed by atoms with Crippen molar-refractivity contribution < 1.29 is 50.5 Å². The molecule has 0 fully saturated rings. The molecule has 0 aromatic heterocycles. The van der Waals surface area contributed by atoms with Crippen molar-refractivity contribution in [2.45, 2.75) is 23.4 Å². The summed E-state index contributed by atoms with van der Waals surface area (Å²) in [5, 5.41) is 2.91. The van der Waals surface area contributed by atoms with Gasteiger partial charge in [0.2, 0.25) is 0 Å². The van der Waals surface area contributed by atoms with Crippen molar-refractivity contribution in [3.8, 4) is 0 Å². The zero-order valence-electron chi connectivity index (χ0n) is 17.5. The third-order valence-corrected chi connectivity index (χ3v) is 32.5. The molecule has 2 nitrogen and oxygen atoms in total. The molecule has 1 unspecified atom stereocenters. The molecule has 0 saturated carbocycles. The predicted octanol–water partition coefficient (Wildman–Crippen LogP) is -2.25. The van der Waals surface area contributed by atoms with E-state index in [2.05, 4.69) is 107 Å². The molecule has 1 aliphatic rings. The van der Waals surface area contributed by atoms with E-state index in [1.807, 2.05) is 0 Å². The van der Waals surface area contributed by atoms with Gasteiger partial charge in [0, 0.05) is 0 Å². The van der Waals surface area contributed by atoms with Crippen LogP contribution in [0.15, 0.2) is 91.0 Å². The Balaban J connectivity index is 0.00000171. The minimum Gasteiger partial charge on any atom is -1.00 e. The van der Waals surface area contributed by atoms with Gasteiger partial charge in [-0.2, -0.15) is 0 Å². The van der Waals surface area contributed by atoms with Crippen LogP contribution in [-0.2, 0) is 25.7 Å². The van der Waals surface area contributed by atoms with Gasteiger partial charge in [0.05, 0.1) is 0 Å². The molecule has 1 atom stereocenters. The van der Waals surface area contributed by atoms with E-state index < -0.39 is 26.9 Å². The number of hydrogen-bond donors (Lipinski definition) is 1. The van der Waals surface area contributed by atoms with Gasteiger partial charge in [-0.3, -0.25) is 0 Å². The van der Waals surface area contributed by atoms with Crippen molar-refractivity contribution in [1.82, 2.24) is 3.30 Å². The van der Waals surface area contributed by atoms with Crippen molar-refractivity contribution in [3.63, 3.8) is 0 Å². The molecule has 1 amide bonds. The molecule has 0 saturated heterocycles. The number of nitrogens with one attached hydrogen (secondary N) is 1. The molecule has 3 aromatic rings. The number of halogens is 2. The Morgan fingerprint density at radius 3 is 2.00 bits per heavy atom. The van der Waals surface area contributed by atoms with Gasteiger partial charge in [-0.25, -0.2) is 0 Å². The maximum Gasteiger partial charge on any atom is -1.00 e. The fraction of sp³-hybridized carbons (Fsp3) is 0.160. The van der Waals surface area contributed by atoms with Crippen LogP contribution in [-0.4, -0.2) is 11.9 Å². The molecule has 0 aliphatic heterocycles. The summed E-state index contributed by atoms with van der Waals surface area (Å²) in [5.74, 6) is -1.28. The molecule has 159 valence electrons. The average Bonchev–Trinajstić information content (AvgIpc) is 3.19. The largest absolute Gasteiger partial charge is 1.00 e. The van der Waals surface area contributed by atoms with Crippen LogP contribution in [0.2, 0.25) is 0 Å². The summed E-state index contributed by atoms with van der Waals surface area (Å²) in [7, 11) is 0. The van der Waals surface area contributed by atoms with Gasteiger partial charge in [-0.1, -0.05) is 0 Å². The van der Waals surface area contributed by atoms with Crippen LogP contribution in [0, 0.1) is 0 Å². The zero-order valence-corrected chi connectivity index (χ0v) is 23.7. The number of fused-ring (bicyclic) bond motifs is 1. The Morgan fingerprint density at radius 1 is 0.871 bits per heavy atom. The zero-order chi connectivity index (χ0) is 20.1. The van der Waals surface area contributed by atoms with Gasteiger partial charge in [0.15, 0.2) is 0 Å². The van der Waals surface area contributed by atoms with E-state index in [1.54, 1.807) is 0 Å². The molecule has 6 heteroatoms. The van der Waals surface area contributed by atoms with E-state index >= 15 is 0 Å². The van der Waals surface area contributed by atoms with Crippen molar-refractivity contribution in [2.75, 3.05) is 0 Å². The van der Waals surface area contributed by atoms with Gasteiger partial charge >= 0.3 is 183 Å². The topological polar surface area (TPSA) is 29.1 Å². The summed E-state index contributed by atoms with van der Waals surface area (Å²) < 4.78 is 4.09. The van der Waals surface area contributed by atoms with Crippen LogP contribution in [0.1, 0.15) is 34.6 Å². The second kappa shape index (κ2) is 12.5. The number of benzene rings is 3. The van der Waals surface area contributed by atoms with E-state index in [4.69, 9.17) is 0 Å². The molecule has 0 bridgehead atoms. The monoisotopic (exact) mass is 634 g/mol. The predicted molar refractivity (Wildman–Crippen MR) is 121 cm³/mol. The molecule has 0 radical (unpaired) electrons. The summed E-state index contributed by atoms with van der Waals surface area (Å²) in [6, 6.07) is 30.6. The first kappa shape index (κ1) is 25.8. The Hall–Kier alpha value is -1.46. The Labute approximate surface area is 206 Å². The summed E-state index contributed by atoms with van der Waals surface area (Å²) >= 11 is -2.69. The van der Waals surface area contributed by atoms with Crippen LogP contribution in [0.3, 0.4) is 0 Å². The minimum atomic E-state index is -2.69. The van der Waals surface area contributed by atoms with Crippen LogP contribution in [0.4, 0.5) is 0 Å². The fourth-order valence-corrected chi connectivity index (χ4v) is 33.4. The average molecular weight is 634 g/mol. The first-order valence-corrected chi connectivity index (χ1v) is 22.1. The van der Waals surface area contributed by atoms with Crippen molar-refractivity contribution in [2.24, 2.45) is 0 Å². The van der Waals surface area contributed by atoms with Gasteiger partial charge in [0.1, 0.15) is 0 Å². The molecule has 0 heterocycles. The Kier molecular flexibility index (Phi) is 10.4. The van der Waals surface area contributed by atoms with E-state index in [-0.39, 0.29) is 30.7 Å². The van der Waals surface area contributed by atoms with Crippen molar-refractivity contribution in [1.29, 1.82) is 0 Å². The third-order valence-electron chi connectivity index (χ3n) is 5.47. The molecular weight excluding hydrogens is 608 g/mol. The van der Waals surface area contributed by atoms with E-state index in [0.29, 0.717) is 10.1 Å².